The van der Waals surface area contributed by atoms with Gasteiger partial charge in [0.2, 0.25) is 5.91 Å². The van der Waals surface area contributed by atoms with Crippen LogP contribution in [0.25, 0.3) is 0 Å². The number of guanidine groups is 1. The van der Waals surface area contributed by atoms with Gasteiger partial charge in [-0.25, -0.2) is 0 Å². The zero-order chi connectivity index (χ0) is 16.7. The molecule has 1 aliphatic heterocycles. The molecule has 7 heteroatoms. The first-order chi connectivity index (χ1) is 11.1. The fourth-order valence-corrected chi connectivity index (χ4v) is 2.45. The van der Waals surface area contributed by atoms with Crippen molar-refractivity contribution in [2.45, 2.75) is 19.3 Å². The van der Waals surface area contributed by atoms with Crippen molar-refractivity contribution >= 4 is 35.8 Å². The summed E-state index contributed by atoms with van der Waals surface area (Å²) >= 11 is 0. The van der Waals surface area contributed by atoms with Crippen molar-refractivity contribution in [3.8, 4) is 5.75 Å². The van der Waals surface area contributed by atoms with Crippen molar-refractivity contribution in [2.24, 2.45) is 4.99 Å². The first-order valence-corrected chi connectivity index (χ1v) is 7.99. The highest BCUT2D eigenvalue weighted by Gasteiger charge is 2.11. The van der Waals surface area contributed by atoms with Crippen molar-refractivity contribution < 1.29 is 9.53 Å². The van der Waals surface area contributed by atoms with E-state index in [0.29, 0.717) is 13.0 Å². The van der Waals surface area contributed by atoms with E-state index in [1.165, 1.54) is 11.1 Å². The first-order valence-electron chi connectivity index (χ1n) is 7.99. The normalized spacial score (nSPS) is 12.7. The number of carbonyl (C=O) groups is 1. The monoisotopic (exact) mass is 446 g/mol. The number of ether oxygens (including phenoxy) is 1. The van der Waals surface area contributed by atoms with E-state index in [4.69, 9.17) is 4.74 Å². The van der Waals surface area contributed by atoms with E-state index < -0.39 is 0 Å². The maximum atomic E-state index is 11.5. The SMILES string of the molecule is CN=C(NCCC(=O)N(C)C)NCCc1ccc2c(c1)CCO2.I. The lowest BCUT2D eigenvalue weighted by atomic mass is 10.1. The molecule has 0 saturated carbocycles. The molecule has 134 valence electrons. The van der Waals surface area contributed by atoms with Crippen LogP contribution in [0.2, 0.25) is 0 Å². The number of amides is 1. The van der Waals surface area contributed by atoms with Gasteiger partial charge >= 0.3 is 0 Å². The predicted octanol–water partition coefficient (Wildman–Crippen LogP) is 1.43. The van der Waals surface area contributed by atoms with Crippen LogP contribution in [0.5, 0.6) is 5.75 Å². The van der Waals surface area contributed by atoms with Crippen molar-refractivity contribution in [2.75, 3.05) is 40.8 Å². The van der Waals surface area contributed by atoms with Crippen LogP contribution in [-0.2, 0) is 17.6 Å². The summed E-state index contributed by atoms with van der Waals surface area (Å²) in [6.07, 6.45) is 2.38. The highest BCUT2D eigenvalue weighted by Crippen LogP contribution is 2.25. The maximum absolute atomic E-state index is 11.5. The molecule has 24 heavy (non-hydrogen) atoms. The number of aliphatic imine (C=N–C) groups is 1. The van der Waals surface area contributed by atoms with E-state index in [-0.39, 0.29) is 29.9 Å². The molecule has 0 spiro atoms. The van der Waals surface area contributed by atoms with Gasteiger partial charge in [0.15, 0.2) is 5.96 Å². The number of benzene rings is 1. The van der Waals surface area contributed by atoms with Crippen LogP contribution in [0, 0.1) is 0 Å². The van der Waals surface area contributed by atoms with E-state index in [0.717, 1.165) is 37.7 Å². The topological polar surface area (TPSA) is 66.0 Å². The van der Waals surface area contributed by atoms with Crippen molar-refractivity contribution in [3.05, 3.63) is 29.3 Å². The highest BCUT2D eigenvalue weighted by molar-refractivity contribution is 14.0. The van der Waals surface area contributed by atoms with Gasteiger partial charge in [0.1, 0.15) is 5.75 Å². The van der Waals surface area contributed by atoms with Crippen LogP contribution in [-0.4, -0.2) is 57.6 Å². The van der Waals surface area contributed by atoms with Gasteiger partial charge in [0.05, 0.1) is 6.61 Å². The number of fused-ring (bicyclic) bond motifs is 1. The molecule has 0 aliphatic carbocycles. The molecule has 1 aromatic rings. The molecule has 0 aromatic heterocycles. The molecule has 0 fully saturated rings. The Morgan fingerprint density at radius 3 is 2.75 bits per heavy atom. The molecule has 1 aliphatic rings. The van der Waals surface area contributed by atoms with Gasteiger partial charge in [-0.3, -0.25) is 9.79 Å². The van der Waals surface area contributed by atoms with Crippen LogP contribution in [0.4, 0.5) is 0 Å². The van der Waals surface area contributed by atoms with E-state index in [1.807, 2.05) is 0 Å². The zero-order valence-corrected chi connectivity index (χ0v) is 16.9. The van der Waals surface area contributed by atoms with Crippen LogP contribution >= 0.6 is 24.0 Å². The Hall–Kier alpha value is -1.51. The van der Waals surface area contributed by atoms with Gasteiger partial charge in [0.25, 0.3) is 0 Å². The minimum atomic E-state index is 0. The van der Waals surface area contributed by atoms with Crippen LogP contribution in [0.3, 0.4) is 0 Å². The second-order valence-corrected chi connectivity index (χ2v) is 5.75. The summed E-state index contributed by atoms with van der Waals surface area (Å²) in [4.78, 5) is 17.3. The van der Waals surface area contributed by atoms with Gasteiger partial charge in [-0.2, -0.15) is 0 Å². The maximum Gasteiger partial charge on any atom is 0.223 e. The lowest BCUT2D eigenvalue weighted by molar-refractivity contribution is -0.128. The molecular weight excluding hydrogens is 419 g/mol. The number of nitrogens with zero attached hydrogens (tertiary/aromatic N) is 2. The van der Waals surface area contributed by atoms with E-state index in [1.54, 1.807) is 26.0 Å². The summed E-state index contributed by atoms with van der Waals surface area (Å²) in [5.41, 5.74) is 2.59. The Balaban J connectivity index is 0.00000288. The molecule has 1 amide bonds. The van der Waals surface area contributed by atoms with Gasteiger partial charge < -0.3 is 20.3 Å². The molecule has 0 unspecified atom stereocenters. The van der Waals surface area contributed by atoms with Gasteiger partial charge in [-0.1, -0.05) is 12.1 Å². The lowest BCUT2D eigenvalue weighted by Crippen LogP contribution is -2.40. The van der Waals surface area contributed by atoms with Gasteiger partial charge in [-0.05, 0) is 23.6 Å². The highest BCUT2D eigenvalue weighted by atomic mass is 127. The average Bonchev–Trinajstić information content (AvgIpc) is 3.00. The third kappa shape index (κ3) is 6.18. The minimum Gasteiger partial charge on any atom is -0.493 e. The molecule has 1 aromatic carbocycles. The largest absolute Gasteiger partial charge is 0.493 e. The summed E-state index contributed by atoms with van der Waals surface area (Å²) in [5.74, 6) is 1.85. The lowest BCUT2D eigenvalue weighted by Gasteiger charge is -2.13. The van der Waals surface area contributed by atoms with Crippen LogP contribution in [0.1, 0.15) is 17.5 Å². The fraction of sp³-hybridized carbons (Fsp3) is 0.529. The molecule has 0 radical (unpaired) electrons. The number of hydrogen-bond acceptors (Lipinski definition) is 3. The second-order valence-electron chi connectivity index (χ2n) is 5.75. The average molecular weight is 446 g/mol. The third-order valence-corrected chi connectivity index (χ3v) is 3.81. The number of halogens is 1. The minimum absolute atomic E-state index is 0. The summed E-state index contributed by atoms with van der Waals surface area (Å²) < 4.78 is 5.52. The number of hydrogen-bond donors (Lipinski definition) is 2. The Bertz CT molecular complexity index is 576. The van der Waals surface area contributed by atoms with Gasteiger partial charge in [0, 0.05) is 47.1 Å². The van der Waals surface area contributed by atoms with E-state index in [9.17, 15) is 4.79 Å². The molecule has 1 heterocycles. The summed E-state index contributed by atoms with van der Waals surface area (Å²) in [7, 11) is 5.25. The Morgan fingerprint density at radius 1 is 1.29 bits per heavy atom. The molecule has 6 nitrogen and oxygen atoms in total. The van der Waals surface area contributed by atoms with Crippen molar-refractivity contribution in [3.63, 3.8) is 0 Å². The van der Waals surface area contributed by atoms with Crippen LogP contribution < -0.4 is 15.4 Å². The van der Waals surface area contributed by atoms with E-state index in [2.05, 4.69) is 33.8 Å². The number of nitrogens with one attached hydrogen (secondary N) is 2. The second kappa shape index (κ2) is 10.4. The molecule has 0 saturated heterocycles. The summed E-state index contributed by atoms with van der Waals surface area (Å²) in [6, 6.07) is 6.38. The Morgan fingerprint density at radius 2 is 2.04 bits per heavy atom. The summed E-state index contributed by atoms with van der Waals surface area (Å²) in [5, 5.41) is 6.43. The number of carbonyl (C=O) groups excluding carboxylic acids is 1. The predicted molar refractivity (Wildman–Crippen MR) is 107 cm³/mol. The van der Waals surface area contributed by atoms with Crippen molar-refractivity contribution in [1.29, 1.82) is 0 Å². The molecule has 0 bridgehead atoms. The zero-order valence-electron chi connectivity index (χ0n) is 14.6. The first kappa shape index (κ1) is 20.5. The molecular formula is C17H27IN4O2. The molecule has 0 atom stereocenters. The Kier molecular flexibility index (Phi) is 8.88. The standard InChI is InChI=1S/C17H26N4O2.HI/c1-18-17(20-10-7-16(22)21(2)3)19-9-6-13-4-5-15-14(12-13)8-11-23-15;/h4-5,12H,6-11H2,1-3H3,(H2,18,19,20);1H. The quantitative estimate of drug-likeness (QED) is 0.394. The summed E-state index contributed by atoms with van der Waals surface area (Å²) in [6.45, 7) is 2.16. The Labute approximate surface area is 161 Å². The van der Waals surface area contributed by atoms with Crippen molar-refractivity contribution in [1.82, 2.24) is 15.5 Å². The van der Waals surface area contributed by atoms with E-state index >= 15 is 0 Å². The number of rotatable bonds is 6. The molecule has 2 rings (SSSR count). The van der Waals surface area contributed by atoms with Crippen LogP contribution in [0.15, 0.2) is 23.2 Å². The van der Waals surface area contributed by atoms with Gasteiger partial charge in [-0.15, -0.1) is 24.0 Å². The third-order valence-electron chi connectivity index (χ3n) is 3.81. The molecule has 2 N–H and O–H groups in total. The fourth-order valence-electron chi connectivity index (χ4n) is 2.45. The smallest absolute Gasteiger partial charge is 0.223 e.